The fourth-order valence-corrected chi connectivity index (χ4v) is 4.40. The zero-order valence-electron chi connectivity index (χ0n) is 18.7. The lowest BCUT2D eigenvalue weighted by atomic mass is 10.0. The summed E-state index contributed by atoms with van der Waals surface area (Å²) in [5.74, 6) is 0.263. The number of furan rings is 1. The molecule has 1 atom stereocenters. The van der Waals surface area contributed by atoms with Crippen molar-refractivity contribution in [3.63, 3.8) is 0 Å². The first kappa shape index (κ1) is 21.2. The van der Waals surface area contributed by atoms with E-state index >= 15 is 0 Å². The standard InChI is InChI=1S/C27H27N3O3/c1-19(21-11-10-20-6-2-3-7-22(20)16-21)28-26(31)18-29-12-14-30(15-13-29)27(32)25-17-23-8-4-5-9-24(23)33-25/h2-11,16-17,19H,12-15,18H2,1H3,(H,28,31). The molecule has 2 heterocycles. The summed E-state index contributed by atoms with van der Waals surface area (Å²) in [7, 11) is 0. The summed E-state index contributed by atoms with van der Waals surface area (Å²) in [6.45, 7) is 4.79. The van der Waals surface area contributed by atoms with Crippen molar-refractivity contribution in [2.75, 3.05) is 32.7 Å². The van der Waals surface area contributed by atoms with Crippen molar-refractivity contribution >= 4 is 33.6 Å². The van der Waals surface area contributed by atoms with Crippen LogP contribution >= 0.6 is 0 Å². The normalized spacial score (nSPS) is 15.6. The van der Waals surface area contributed by atoms with Crippen LogP contribution in [0.5, 0.6) is 0 Å². The summed E-state index contributed by atoms with van der Waals surface area (Å²) in [6, 6.07) is 23.8. The lowest BCUT2D eigenvalue weighted by molar-refractivity contribution is -0.123. The van der Waals surface area contributed by atoms with Gasteiger partial charge in [0.25, 0.3) is 5.91 Å². The number of nitrogens with one attached hydrogen (secondary N) is 1. The van der Waals surface area contributed by atoms with Crippen LogP contribution in [0, 0.1) is 0 Å². The first-order valence-electron chi connectivity index (χ1n) is 11.3. The fourth-order valence-electron chi connectivity index (χ4n) is 4.40. The van der Waals surface area contributed by atoms with E-state index in [4.69, 9.17) is 4.42 Å². The predicted molar refractivity (Wildman–Crippen MR) is 129 cm³/mol. The Kier molecular flexibility index (Phi) is 5.84. The zero-order chi connectivity index (χ0) is 22.8. The van der Waals surface area contributed by atoms with Gasteiger partial charge in [-0.15, -0.1) is 0 Å². The third kappa shape index (κ3) is 4.61. The Labute approximate surface area is 192 Å². The molecule has 1 fully saturated rings. The van der Waals surface area contributed by atoms with Gasteiger partial charge in [-0.05, 0) is 41.5 Å². The molecule has 1 unspecified atom stereocenters. The van der Waals surface area contributed by atoms with Gasteiger partial charge in [0.2, 0.25) is 5.91 Å². The molecule has 0 radical (unpaired) electrons. The van der Waals surface area contributed by atoms with Gasteiger partial charge >= 0.3 is 0 Å². The van der Waals surface area contributed by atoms with Crippen LogP contribution in [0.4, 0.5) is 0 Å². The van der Waals surface area contributed by atoms with Gasteiger partial charge in [0.1, 0.15) is 5.58 Å². The van der Waals surface area contributed by atoms with Crippen LogP contribution in [0.15, 0.2) is 77.2 Å². The average Bonchev–Trinajstić information content (AvgIpc) is 3.28. The maximum atomic E-state index is 12.8. The highest BCUT2D eigenvalue weighted by Crippen LogP contribution is 2.22. The molecule has 2 amide bonds. The lowest BCUT2D eigenvalue weighted by Gasteiger charge is -2.34. The number of hydrogen-bond acceptors (Lipinski definition) is 4. The number of hydrogen-bond donors (Lipinski definition) is 1. The number of piperazine rings is 1. The minimum absolute atomic E-state index is 0.00674. The van der Waals surface area contributed by atoms with E-state index in [1.165, 1.54) is 10.8 Å². The topological polar surface area (TPSA) is 65.8 Å². The Morgan fingerprint density at radius 1 is 0.879 bits per heavy atom. The van der Waals surface area contributed by atoms with Crippen LogP contribution in [0.25, 0.3) is 21.7 Å². The summed E-state index contributed by atoms with van der Waals surface area (Å²) in [4.78, 5) is 29.4. The molecule has 1 aliphatic rings. The quantitative estimate of drug-likeness (QED) is 0.504. The van der Waals surface area contributed by atoms with Crippen molar-refractivity contribution in [2.24, 2.45) is 0 Å². The molecule has 1 saturated heterocycles. The maximum Gasteiger partial charge on any atom is 0.289 e. The highest BCUT2D eigenvalue weighted by atomic mass is 16.3. The molecule has 6 heteroatoms. The van der Waals surface area contributed by atoms with Crippen LogP contribution < -0.4 is 5.32 Å². The first-order chi connectivity index (χ1) is 16.1. The zero-order valence-corrected chi connectivity index (χ0v) is 18.7. The molecular weight excluding hydrogens is 414 g/mol. The summed E-state index contributed by atoms with van der Waals surface area (Å²) in [5, 5.41) is 6.39. The number of carbonyl (C=O) groups excluding carboxylic acids is 2. The molecule has 33 heavy (non-hydrogen) atoms. The monoisotopic (exact) mass is 441 g/mol. The number of carbonyl (C=O) groups is 2. The second kappa shape index (κ2) is 9.08. The Balaban J connectivity index is 1.13. The Morgan fingerprint density at radius 2 is 1.58 bits per heavy atom. The molecule has 4 aromatic rings. The Hall–Kier alpha value is -3.64. The molecule has 168 valence electrons. The molecule has 3 aromatic carbocycles. The predicted octanol–water partition coefficient (Wildman–Crippen LogP) is 4.22. The van der Waals surface area contributed by atoms with E-state index in [1.54, 1.807) is 11.0 Å². The highest BCUT2D eigenvalue weighted by Gasteiger charge is 2.25. The maximum absolute atomic E-state index is 12.8. The molecule has 0 spiro atoms. The number of para-hydroxylation sites is 1. The summed E-state index contributed by atoms with van der Waals surface area (Å²) in [5.41, 5.74) is 1.81. The number of fused-ring (bicyclic) bond motifs is 2. The number of rotatable bonds is 5. The van der Waals surface area contributed by atoms with Gasteiger partial charge in [-0.1, -0.05) is 54.6 Å². The second-order valence-electron chi connectivity index (χ2n) is 8.61. The van der Waals surface area contributed by atoms with Gasteiger partial charge in [-0.3, -0.25) is 14.5 Å². The Bertz CT molecular complexity index is 1270. The number of amides is 2. The van der Waals surface area contributed by atoms with E-state index in [9.17, 15) is 9.59 Å². The van der Waals surface area contributed by atoms with Crippen LogP contribution in [-0.4, -0.2) is 54.3 Å². The minimum Gasteiger partial charge on any atom is -0.451 e. The van der Waals surface area contributed by atoms with Gasteiger partial charge in [0.05, 0.1) is 12.6 Å². The molecule has 0 aliphatic carbocycles. The van der Waals surface area contributed by atoms with Gasteiger partial charge in [0, 0.05) is 31.6 Å². The molecule has 1 N–H and O–H groups in total. The van der Waals surface area contributed by atoms with Crippen molar-refractivity contribution in [1.82, 2.24) is 15.1 Å². The molecule has 6 nitrogen and oxygen atoms in total. The van der Waals surface area contributed by atoms with Crippen LogP contribution in [0.2, 0.25) is 0 Å². The van der Waals surface area contributed by atoms with Gasteiger partial charge in [-0.25, -0.2) is 0 Å². The molecule has 5 rings (SSSR count). The Morgan fingerprint density at radius 3 is 2.33 bits per heavy atom. The third-order valence-corrected chi connectivity index (χ3v) is 6.31. The van der Waals surface area contributed by atoms with E-state index < -0.39 is 0 Å². The highest BCUT2D eigenvalue weighted by molar-refractivity contribution is 5.96. The van der Waals surface area contributed by atoms with E-state index in [-0.39, 0.29) is 17.9 Å². The van der Waals surface area contributed by atoms with Crippen molar-refractivity contribution < 1.29 is 14.0 Å². The second-order valence-corrected chi connectivity index (χ2v) is 8.61. The van der Waals surface area contributed by atoms with Gasteiger partial charge in [0.15, 0.2) is 5.76 Å². The van der Waals surface area contributed by atoms with E-state index in [0.29, 0.717) is 38.5 Å². The summed E-state index contributed by atoms with van der Waals surface area (Å²) in [6.07, 6.45) is 0. The van der Waals surface area contributed by atoms with E-state index in [1.807, 2.05) is 43.3 Å². The summed E-state index contributed by atoms with van der Waals surface area (Å²) >= 11 is 0. The molecule has 0 bridgehead atoms. The molecule has 1 aromatic heterocycles. The van der Waals surface area contributed by atoms with Crippen LogP contribution in [0.1, 0.15) is 29.1 Å². The van der Waals surface area contributed by atoms with Gasteiger partial charge in [-0.2, -0.15) is 0 Å². The minimum atomic E-state index is -0.0970. The average molecular weight is 442 g/mol. The molecule has 1 aliphatic heterocycles. The van der Waals surface area contributed by atoms with E-state index in [0.717, 1.165) is 16.5 Å². The van der Waals surface area contributed by atoms with Crippen molar-refractivity contribution in [1.29, 1.82) is 0 Å². The smallest absolute Gasteiger partial charge is 0.289 e. The van der Waals surface area contributed by atoms with Gasteiger partial charge < -0.3 is 14.6 Å². The molecular formula is C27H27N3O3. The van der Waals surface area contributed by atoms with Crippen molar-refractivity contribution in [3.8, 4) is 0 Å². The SMILES string of the molecule is CC(NC(=O)CN1CCN(C(=O)c2cc3ccccc3o2)CC1)c1ccc2ccccc2c1. The molecule has 0 saturated carbocycles. The number of benzene rings is 3. The summed E-state index contributed by atoms with van der Waals surface area (Å²) < 4.78 is 5.72. The van der Waals surface area contributed by atoms with Crippen LogP contribution in [-0.2, 0) is 4.79 Å². The fraction of sp³-hybridized carbons (Fsp3) is 0.259. The lowest BCUT2D eigenvalue weighted by Crippen LogP contribution is -2.51. The van der Waals surface area contributed by atoms with Crippen molar-refractivity contribution in [3.05, 3.63) is 84.1 Å². The first-order valence-corrected chi connectivity index (χ1v) is 11.3. The largest absolute Gasteiger partial charge is 0.451 e. The van der Waals surface area contributed by atoms with Crippen LogP contribution in [0.3, 0.4) is 0 Å². The number of nitrogens with zero attached hydrogens (tertiary/aromatic N) is 2. The van der Waals surface area contributed by atoms with E-state index in [2.05, 4.69) is 40.5 Å². The third-order valence-electron chi connectivity index (χ3n) is 6.31. The van der Waals surface area contributed by atoms with Crippen molar-refractivity contribution in [2.45, 2.75) is 13.0 Å².